The number of amides is 4. The molecule has 6 aromatic heterocycles. The summed E-state index contributed by atoms with van der Waals surface area (Å²) in [5.41, 5.74) is 12.4. The standard InChI is InChI=1S/C28H28BrN7O3.C18H25BrN2O3.C13H17BrN2O.C11H19NO4.C6H7BrN2.CH4.ClH.S4.S3.S2.H2S/c1-15-5-10-24(29)32-27(15)33-28(39)23-8-6-16(2)36(23)25(38)14-35-22-9-7-19(20-12-30-18(4)31-13-20)11-21(22)26(34-35)17(3)37;1-11-6-9-16(19)20-13(11)10-15(22)14-8-7-12(2)21(14)17(23)24-18(3,4)5;1-8-3-6-13(14)16-11(8)7-12(17)10-5-4-9(2)15-10;1-7-5-6-8(9(13)14)12(7)10(15)16-11(2,3)4;1-4-2-3-5(7)9-6(4)8;;;1-3-4-2;1-3-2;1-2;/h5,7,9-13,16,23H,6,8,14H2,1-4H3,(H,32,33,39);6,9,12,14H,7-8,10H2,1-5H3;3,6,9-10,15H,4-5,7H2,1-2H3;7-8H,5-6H2,1-4H3,(H,13,14);2-3H,1H3,(H2,8,9);1H4;1H;;;;1H2/t16-,23-;12-,14-;9-,10-;7-,8-;;;;;;;/m0000......./s1. The van der Waals surface area contributed by atoms with E-state index in [9.17, 15) is 38.4 Å². The van der Waals surface area contributed by atoms with Crippen LogP contribution < -0.4 is 16.4 Å². The van der Waals surface area contributed by atoms with Gasteiger partial charge in [-0.2, -0.15) is 18.6 Å². The van der Waals surface area contributed by atoms with Crippen molar-refractivity contribution in [1.82, 2.24) is 59.7 Å². The number of nitrogens with zero attached hydrogens (tertiary/aromatic N) is 11. The highest BCUT2D eigenvalue weighted by Gasteiger charge is 2.43. The Bertz CT molecular complexity index is 4680. The van der Waals surface area contributed by atoms with E-state index in [0.717, 1.165) is 82.1 Å². The number of hydrogen-bond donors (Lipinski definition) is 4. The average molecular weight is 2080 g/mol. The van der Waals surface area contributed by atoms with Crippen LogP contribution in [0.5, 0.6) is 0 Å². The number of carboxylic acid groups (broad SMARTS) is 1. The van der Waals surface area contributed by atoms with Gasteiger partial charge >= 0.3 is 18.2 Å². The molecule has 25 nitrogen and oxygen atoms in total. The molecule has 10 heterocycles. The number of benzene rings is 1. The van der Waals surface area contributed by atoms with Gasteiger partial charge in [-0.15, -0.1) is 12.4 Å². The number of aryl methyl sites for hydroxylation is 5. The van der Waals surface area contributed by atoms with Gasteiger partial charge < -0.3 is 35.8 Å². The molecule has 4 saturated heterocycles. The summed E-state index contributed by atoms with van der Waals surface area (Å²) in [7, 11) is 3.26. The van der Waals surface area contributed by atoms with E-state index < -0.39 is 47.5 Å². The Morgan fingerprint density at radius 3 is 1.47 bits per heavy atom. The number of carboxylic acids is 1. The first kappa shape index (κ1) is 110. The summed E-state index contributed by atoms with van der Waals surface area (Å²) in [5.74, 6) is 0.298. The van der Waals surface area contributed by atoms with Gasteiger partial charge in [-0.3, -0.25) is 38.5 Å². The highest BCUT2D eigenvalue weighted by atomic mass is 79.9. The van der Waals surface area contributed by atoms with Crippen molar-refractivity contribution in [2.45, 2.75) is 248 Å². The van der Waals surface area contributed by atoms with E-state index in [1.54, 1.807) is 53.7 Å². The van der Waals surface area contributed by atoms with Crippen molar-refractivity contribution in [3.8, 4) is 11.1 Å². The number of ketones is 3. The number of carbonyl (C=O) groups excluding carboxylic acids is 7. The molecule has 4 amide bonds. The summed E-state index contributed by atoms with van der Waals surface area (Å²) in [6.45, 7) is 29.5. The molecule has 1 aromatic carbocycles. The number of halogens is 5. The molecule has 4 aliphatic heterocycles. The third-order valence-electron chi connectivity index (χ3n) is 18.2. The van der Waals surface area contributed by atoms with Gasteiger partial charge in [0.25, 0.3) is 0 Å². The second-order valence-corrected chi connectivity index (χ2v) is 37.7. The number of Topliss-reactive ketones (excluding diaryl/α,β-unsaturated/α-hetero) is 3. The number of fused-ring (bicyclic) bond motifs is 1. The van der Waals surface area contributed by atoms with E-state index >= 15 is 0 Å². The average Bonchev–Trinajstić information content (AvgIpc) is 1.63. The first-order chi connectivity index (χ1) is 53.5. The molecule has 117 heavy (non-hydrogen) atoms. The number of rotatable bonds is 13. The van der Waals surface area contributed by atoms with Crippen molar-refractivity contribution in [2.24, 2.45) is 0 Å². The molecule has 0 saturated carbocycles. The minimum Gasteiger partial charge on any atom is -0.480 e. The number of anilines is 2. The zero-order chi connectivity index (χ0) is 85.8. The Kier molecular flexibility index (Phi) is 49.5. The van der Waals surface area contributed by atoms with Crippen molar-refractivity contribution in [1.29, 1.82) is 0 Å². The van der Waals surface area contributed by atoms with Crippen LogP contribution in [0, 0.1) is 34.6 Å². The van der Waals surface area contributed by atoms with Gasteiger partial charge in [-0.25, -0.2) is 44.3 Å². The number of nitrogens with one attached hydrogen (secondary N) is 2. The van der Waals surface area contributed by atoms with Crippen molar-refractivity contribution >= 4 is 253 Å². The van der Waals surface area contributed by atoms with Gasteiger partial charge in [-0.1, -0.05) is 37.8 Å². The van der Waals surface area contributed by atoms with Crippen LogP contribution >= 0.6 is 89.6 Å². The fourth-order valence-electron chi connectivity index (χ4n) is 12.5. The largest absolute Gasteiger partial charge is 0.480 e. The number of likely N-dealkylation sites (tertiary alicyclic amines) is 3. The predicted molar refractivity (Wildman–Crippen MR) is 507 cm³/mol. The highest BCUT2D eigenvalue weighted by molar-refractivity contribution is 9.11. The summed E-state index contributed by atoms with van der Waals surface area (Å²) in [6, 6.07) is 19.2. The summed E-state index contributed by atoms with van der Waals surface area (Å²) < 4.78 is 15.1. The van der Waals surface area contributed by atoms with Crippen molar-refractivity contribution < 1.29 is 52.9 Å². The van der Waals surface area contributed by atoms with E-state index in [1.165, 1.54) is 29.6 Å². The lowest BCUT2D eigenvalue weighted by Gasteiger charge is -2.30. The fourth-order valence-corrected chi connectivity index (χ4v) is 13.8. The zero-order valence-electron chi connectivity index (χ0n) is 67.0. The number of pyridine rings is 4. The van der Waals surface area contributed by atoms with Gasteiger partial charge in [0.05, 0.1) is 41.8 Å². The lowest BCUT2D eigenvalue weighted by Crippen LogP contribution is -2.47. The SMILES string of the molecule is C.CC(=O)c1nn(CC(=O)N2[C@@H](C)CC[C@H]2C(=O)Nc2nc(Br)ccc2C)c2ccc(-c3cnc(C)nc3)cc12.C[C@H]1CC[C@@H](C(=O)O)N1C(=O)OC(C)(C)C.Cc1ccc(Br)nc1CC(=O)[C@@H]1CC[C@H](C)N1.Cc1ccc(Br)nc1CC(=O)[C@@H]1CC[C@H](C)N1C(=O)OC(C)(C)C.Cc1ccc(Br)nc1N.Cl.S.S=S.S=S=S.S=S=S=S. The molecule has 642 valence electrons. The molecule has 5 N–H and O–H groups in total. The van der Waals surface area contributed by atoms with Crippen LogP contribution in [-0.2, 0) is 147 Å². The van der Waals surface area contributed by atoms with Gasteiger partial charge in [0.15, 0.2) is 17.3 Å². The maximum absolute atomic E-state index is 13.6. The van der Waals surface area contributed by atoms with Crippen molar-refractivity contribution in [2.75, 3.05) is 11.1 Å². The van der Waals surface area contributed by atoms with Gasteiger partial charge in [0.2, 0.25) is 11.8 Å². The zero-order valence-corrected chi connectivity index (χ0v) is 82.5. The van der Waals surface area contributed by atoms with Crippen LogP contribution in [0.15, 0.2) is 97.5 Å². The number of ether oxygens (including phenoxy) is 2. The maximum Gasteiger partial charge on any atom is 0.411 e. The molecule has 0 radical (unpaired) electrons. The molecule has 11 rings (SSSR count). The van der Waals surface area contributed by atoms with Crippen LogP contribution in [0.2, 0.25) is 0 Å². The monoisotopic (exact) mass is 2070 g/mol. The highest BCUT2D eigenvalue weighted by Crippen LogP contribution is 2.33. The Morgan fingerprint density at radius 2 is 1.03 bits per heavy atom. The smallest absolute Gasteiger partial charge is 0.411 e. The molecule has 8 atom stereocenters. The molecular formula is C77H103Br4ClN14O11S10. The molecule has 0 bridgehead atoms. The summed E-state index contributed by atoms with van der Waals surface area (Å²) in [6.07, 6.45) is 9.13. The minimum atomic E-state index is -0.963. The molecular weight excluding hydrogens is 1970 g/mol. The second kappa shape index (κ2) is 52.8. The van der Waals surface area contributed by atoms with Gasteiger partial charge in [-0.05, 0) is 283 Å². The molecule has 40 heteroatoms. The van der Waals surface area contributed by atoms with E-state index in [2.05, 4.69) is 183 Å². The van der Waals surface area contributed by atoms with Crippen LogP contribution in [0.4, 0.5) is 21.2 Å². The number of nitrogen functional groups attached to an aromatic ring is 1. The normalized spacial score (nSPS) is 18.0. The fraction of sp³-hybridized carbons (Fsp3) is 0.494. The van der Waals surface area contributed by atoms with E-state index in [1.807, 2.05) is 137 Å². The van der Waals surface area contributed by atoms with Crippen LogP contribution in [0.3, 0.4) is 0 Å². The minimum absolute atomic E-state index is 0. The Morgan fingerprint density at radius 1 is 0.590 bits per heavy atom. The van der Waals surface area contributed by atoms with Crippen molar-refractivity contribution in [3.63, 3.8) is 0 Å². The maximum atomic E-state index is 13.6. The lowest BCUT2D eigenvalue weighted by atomic mass is 10.0. The van der Waals surface area contributed by atoms with Gasteiger partial charge in [0, 0.05) is 148 Å². The third kappa shape index (κ3) is 35.2. The quantitative estimate of drug-likeness (QED) is 0.0615. The number of aliphatic carboxylic acids is 1. The first-order valence-electron chi connectivity index (χ1n) is 35.9. The van der Waals surface area contributed by atoms with Crippen LogP contribution in [-0.4, -0.2) is 166 Å². The first-order valence-corrected chi connectivity index (χ1v) is 47.1. The second-order valence-electron chi connectivity index (χ2n) is 29.2. The summed E-state index contributed by atoms with van der Waals surface area (Å²) in [4.78, 5) is 130. The molecule has 7 aromatic rings. The topological polar surface area (TPSA) is 330 Å². The number of hydrogen-bond acceptors (Lipinski definition) is 25. The Balaban J connectivity index is 0.000000757. The molecule has 0 aliphatic carbocycles. The number of aromatic nitrogens is 8. The lowest BCUT2D eigenvalue weighted by molar-refractivity contribution is -0.142. The predicted octanol–water partition coefficient (Wildman–Crippen LogP) is 15.7. The van der Waals surface area contributed by atoms with E-state index in [0.29, 0.717) is 82.1 Å². The van der Waals surface area contributed by atoms with Crippen molar-refractivity contribution in [3.05, 3.63) is 143 Å². The Labute approximate surface area is 771 Å². The van der Waals surface area contributed by atoms with Crippen LogP contribution in [0.1, 0.15) is 185 Å². The number of carbonyl (C=O) groups is 8. The van der Waals surface area contributed by atoms with Gasteiger partial charge in [0.1, 0.15) is 71.4 Å². The molecule has 0 spiro atoms. The number of nitrogens with two attached hydrogens (primary N) is 1. The summed E-state index contributed by atoms with van der Waals surface area (Å²) >= 11 is 37.5. The van der Waals surface area contributed by atoms with E-state index in [-0.39, 0.29) is 105 Å². The molecule has 4 aliphatic rings. The van der Waals surface area contributed by atoms with Crippen LogP contribution in [0.25, 0.3) is 22.0 Å². The third-order valence-corrected chi connectivity index (χ3v) is 22.1. The van der Waals surface area contributed by atoms with E-state index in [4.69, 9.17) is 20.3 Å². The molecule has 4 fully saturated rings. The molecule has 0 unspecified atom stereocenters. The Hall–Kier alpha value is -5.37. The summed E-state index contributed by atoms with van der Waals surface area (Å²) in [5, 5.41) is 20.4.